The van der Waals surface area contributed by atoms with E-state index in [1.807, 2.05) is 19.1 Å². The molecule has 2 unspecified atom stereocenters. The fourth-order valence-electron chi connectivity index (χ4n) is 1.97. The maximum Gasteiger partial charge on any atom is 0.146 e. The molecule has 18 heavy (non-hydrogen) atoms. The summed E-state index contributed by atoms with van der Waals surface area (Å²) in [5.74, 6) is 0.396. The Bertz CT molecular complexity index is 377. The summed E-state index contributed by atoms with van der Waals surface area (Å²) in [5.41, 5.74) is 7.29. The van der Waals surface area contributed by atoms with Crippen molar-refractivity contribution in [2.75, 3.05) is 18.0 Å². The molecule has 0 aliphatic carbocycles. The number of hydrogen-bond donors (Lipinski definition) is 1. The van der Waals surface area contributed by atoms with Crippen molar-refractivity contribution < 1.29 is 4.39 Å². The van der Waals surface area contributed by atoms with E-state index in [0.717, 1.165) is 25.1 Å². The monoisotopic (exact) mass is 252 g/mol. The van der Waals surface area contributed by atoms with Gasteiger partial charge in [-0.1, -0.05) is 26.3 Å². The van der Waals surface area contributed by atoms with Gasteiger partial charge in [0.2, 0.25) is 0 Å². The summed E-state index contributed by atoms with van der Waals surface area (Å²) in [5, 5.41) is 0. The molecular formula is C15H25FN2. The van der Waals surface area contributed by atoms with Crippen molar-refractivity contribution in [1.82, 2.24) is 0 Å². The van der Waals surface area contributed by atoms with Crippen LogP contribution in [0.2, 0.25) is 0 Å². The van der Waals surface area contributed by atoms with Gasteiger partial charge in [0, 0.05) is 19.1 Å². The Morgan fingerprint density at radius 1 is 1.28 bits per heavy atom. The second-order valence-electron chi connectivity index (χ2n) is 5.05. The maximum absolute atomic E-state index is 14.1. The smallest absolute Gasteiger partial charge is 0.146 e. The molecule has 0 heterocycles. The molecule has 0 aromatic heterocycles. The second kappa shape index (κ2) is 6.74. The van der Waals surface area contributed by atoms with Crippen molar-refractivity contribution in [3.63, 3.8) is 0 Å². The molecule has 3 heteroatoms. The summed E-state index contributed by atoms with van der Waals surface area (Å²) in [6, 6.07) is 5.19. The predicted octanol–water partition coefficient (Wildman–Crippen LogP) is 3.72. The van der Waals surface area contributed by atoms with Crippen LogP contribution in [0.4, 0.5) is 10.1 Å². The van der Waals surface area contributed by atoms with Gasteiger partial charge in [-0.25, -0.2) is 4.39 Å². The van der Waals surface area contributed by atoms with Gasteiger partial charge >= 0.3 is 0 Å². The Balaban J connectivity index is 2.93. The van der Waals surface area contributed by atoms with Gasteiger partial charge in [0.1, 0.15) is 5.82 Å². The molecule has 102 valence electrons. The lowest BCUT2D eigenvalue weighted by Gasteiger charge is -2.27. The zero-order valence-electron chi connectivity index (χ0n) is 11.9. The van der Waals surface area contributed by atoms with E-state index in [4.69, 9.17) is 5.73 Å². The van der Waals surface area contributed by atoms with Crippen LogP contribution in [0.15, 0.2) is 18.2 Å². The molecule has 1 rings (SSSR count). The summed E-state index contributed by atoms with van der Waals surface area (Å²) >= 11 is 0. The SMILES string of the molecule is CCC(C)CN(CC)c1ccc(C(C)N)cc1F. The largest absolute Gasteiger partial charge is 0.369 e. The van der Waals surface area contributed by atoms with Gasteiger partial charge < -0.3 is 10.6 Å². The molecule has 0 bridgehead atoms. The topological polar surface area (TPSA) is 29.3 Å². The lowest BCUT2D eigenvalue weighted by Crippen LogP contribution is -2.29. The highest BCUT2D eigenvalue weighted by molar-refractivity contribution is 5.49. The molecule has 0 radical (unpaired) electrons. The highest BCUT2D eigenvalue weighted by Crippen LogP contribution is 2.23. The molecule has 2 atom stereocenters. The summed E-state index contributed by atoms with van der Waals surface area (Å²) in [6.07, 6.45) is 1.11. The molecule has 1 aromatic rings. The predicted molar refractivity (Wildman–Crippen MR) is 76.3 cm³/mol. The second-order valence-corrected chi connectivity index (χ2v) is 5.05. The Morgan fingerprint density at radius 3 is 2.39 bits per heavy atom. The highest BCUT2D eigenvalue weighted by atomic mass is 19.1. The fourth-order valence-corrected chi connectivity index (χ4v) is 1.97. The third-order valence-corrected chi connectivity index (χ3v) is 3.45. The minimum atomic E-state index is -0.171. The molecule has 0 saturated heterocycles. The van der Waals surface area contributed by atoms with Crippen LogP contribution in [0.1, 0.15) is 45.7 Å². The van der Waals surface area contributed by atoms with Gasteiger partial charge in [0.25, 0.3) is 0 Å². The normalized spacial score (nSPS) is 14.3. The Morgan fingerprint density at radius 2 is 1.94 bits per heavy atom. The van der Waals surface area contributed by atoms with Gasteiger partial charge in [0.05, 0.1) is 5.69 Å². The van der Waals surface area contributed by atoms with Crippen molar-refractivity contribution in [3.05, 3.63) is 29.6 Å². The molecule has 1 aromatic carbocycles. The van der Waals surface area contributed by atoms with Crippen LogP contribution < -0.4 is 10.6 Å². The first kappa shape index (κ1) is 15.0. The van der Waals surface area contributed by atoms with Crippen LogP contribution in [-0.4, -0.2) is 13.1 Å². The average molecular weight is 252 g/mol. The molecule has 2 N–H and O–H groups in total. The van der Waals surface area contributed by atoms with E-state index in [1.165, 1.54) is 0 Å². The van der Waals surface area contributed by atoms with Crippen LogP contribution in [-0.2, 0) is 0 Å². The van der Waals surface area contributed by atoms with E-state index in [1.54, 1.807) is 6.07 Å². The van der Waals surface area contributed by atoms with Gasteiger partial charge in [-0.15, -0.1) is 0 Å². The fraction of sp³-hybridized carbons (Fsp3) is 0.600. The van der Waals surface area contributed by atoms with Crippen molar-refractivity contribution in [2.24, 2.45) is 11.7 Å². The Hall–Kier alpha value is -1.09. The van der Waals surface area contributed by atoms with Crippen molar-refractivity contribution in [2.45, 2.75) is 40.2 Å². The van der Waals surface area contributed by atoms with E-state index >= 15 is 0 Å². The third kappa shape index (κ3) is 3.70. The van der Waals surface area contributed by atoms with Crippen LogP contribution in [0, 0.1) is 11.7 Å². The number of rotatable bonds is 6. The van der Waals surface area contributed by atoms with Crippen molar-refractivity contribution in [1.29, 1.82) is 0 Å². The maximum atomic E-state index is 14.1. The van der Waals surface area contributed by atoms with Crippen LogP contribution >= 0.6 is 0 Å². The Labute approximate surface area is 110 Å². The van der Waals surface area contributed by atoms with Crippen molar-refractivity contribution in [3.8, 4) is 0 Å². The zero-order valence-corrected chi connectivity index (χ0v) is 11.9. The number of halogens is 1. The summed E-state index contributed by atoms with van der Waals surface area (Å²) in [7, 11) is 0. The lowest BCUT2D eigenvalue weighted by atomic mass is 10.1. The minimum Gasteiger partial charge on any atom is -0.369 e. The van der Waals surface area contributed by atoms with Gasteiger partial charge in [0.15, 0.2) is 0 Å². The first-order valence-electron chi connectivity index (χ1n) is 6.79. The summed E-state index contributed by atoms with van der Waals surface area (Å²) < 4.78 is 14.1. The average Bonchev–Trinajstić information content (AvgIpc) is 2.35. The first-order chi connectivity index (χ1) is 8.49. The third-order valence-electron chi connectivity index (χ3n) is 3.45. The molecule has 2 nitrogen and oxygen atoms in total. The number of nitrogens with zero attached hydrogens (tertiary/aromatic N) is 1. The molecule has 0 aliphatic rings. The molecule has 0 spiro atoms. The van der Waals surface area contributed by atoms with Gasteiger partial charge in [-0.3, -0.25) is 0 Å². The quantitative estimate of drug-likeness (QED) is 0.836. The molecule has 0 saturated carbocycles. The van der Waals surface area contributed by atoms with E-state index in [9.17, 15) is 4.39 Å². The molecule has 0 amide bonds. The number of nitrogens with two attached hydrogens (primary N) is 1. The number of benzene rings is 1. The van der Waals surface area contributed by atoms with E-state index < -0.39 is 0 Å². The van der Waals surface area contributed by atoms with Crippen molar-refractivity contribution >= 4 is 5.69 Å². The van der Waals surface area contributed by atoms with E-state index in [2.05, 4.69) is 25.7 Å². The number of hydrogen-bond acceptors (Lipinski definition) is 2. The summed E-state index contributed by atoms with van der Waals surface area (Å²) in [6.45, 7) is 9.98. The minimum absolute atomic E-state index is 0.127. The highest BCUT2D eigenvalue weighted by Gasteiger charge is 2.13. The standard InChI is InChI=1S/C15H25FN2/c1-5-11(3)10-18(6-2)15-8-7-13(12(4)17)9-14(15)16/h7-9,11-12H,5-6,10,17H2,1-4H3. The van der Waals surface area contributed by atoms with Gasteiger partial charge in [-0.05, 0) is 37.5 Å². The van der Waals surface area contributed by atoms with Crippen LogP contribution in [0.3, 0.4) is 0 Å². The molecular weight excluding hydrogens is 227 g/mol. The molecule has 0 fully saturated rings. The Kier molecular flexibility index (Phi) is 5.60. The van der Waals surface area contributed by atoms with E-state index in [-0.39, 0.29) is 11.9 Å². The van der Waals surface area contributed by atoms with Crippen LogP contribution in [0.5, 0.6) is 0 Å². The van der Waals surface area contributed by atoms with Crippen LogP contribution in [0.25, 0.3) is 0 Å². The summed E-state index contributed by atoms with van der Waals surface area (Å²) in [4.78, 5) is 2.09. The first-order valence-corrected chi connectivity index (χ1v) is 6.79. The van der Waals surface area contributed by atoms with E-state index in [0.29, 0.717) is 11.6 Å². The molecule has 0 aliphatic heterocycles. The lowest BCUT2D eigenvalue weighted by molar-refractivity contribution is 0.537. The van der Waals surface area contributed by atoms with Gasteiger partial charge in [-0.2, -0.15) is 0 Å². The number of anilines is 1. The zero-order chi connectivity index (χ0) is 13.7.